The Morgan fingerprint density at radius 2 is 1.74 bits per heavy atom. The number of amides is 1. The lowest BCUT2D eigenvalue weighted by molar-refractivity contribution is -0.130. The maximum atomic E-state index is 13.8. The number of nitrogens with zero attached hydrogens (tertiary/aromatic N) is 1. The first-order valence-electron chi connectivity index (χ1n) is 11.2. The van der Waals surface area contributed by atoms with Crippen LogP contribution in [-0.4, -0.2) is 57.5 Å². The summed E-state index contributed by atoms with van der Waals surface area (Å²) in [6, 6.07) is -0.00842. The van der Waals surface area contributed by atoms with E-state index in [1.807, 2.05) is 0 Å². The average molecular weight is 469 g/mol. The number of ether oxygens (including phenoxy) is 1. The van der Waals surface area contributed by atoms with E-state index in [9.17, 15) is 29.4 Å². The summed E-state index contributed by atoms with van der Waals surface area (Å²) in [5, 5.41) is 24.6. The van der Waals surface area contributed by atoms with Gasteiger partial charge in [-0.1, -0.05) is 0 Å². The van der Waals surface area contributed by atoms with Gasteiger partial charge in [-0.15, -0.1) is 0 Å². The van der Waals surface area contributed by atoms with Gasteiger partial charge in [0.15, 0.2) is 17.3 Å². The van der Waals surface area contributed by atoms with Gasteiger partial charge in [-0.2, -0.15) is 0 Å². The molecule has 1 aromatic carbocycles. The number of aromatic hydroxyl groups is 2. The van der Waals surface area contributed by atoms with Crippen molar-refractivity contribution in [2.45, 2.75) is 58.9 Å². The zero-order valence-electron chi connectivity index (χ0n) is 19.9. The Balaban J connectivity index is 1.76. The molecule has 1 aliphatic carbocycles. The average Bonchev–Trinajstić information content (AvgIpc) is 3.05. The number of ketones is 3. The fourth-order valence-electron chi connectivity index (χ4n) is 5.08. The van der Waals surface area contributed by atoms with Gasteiger partial charge >= 0.3 is 0 Å². The quantitative estimate of drug-likeness (QED) is 0.349. The molecule has 0 aromatic heterocycles. The van der Waals surface area contributed by atoms with Crippen molar-refractivity contribution in [3.8, 4) is 17.2 Å². The van der Waals surface area contributed by atoms with Crippen molar-refractivity contribution in [1.82, 2.24) is 10.2 Å². The molecule has 3 aliphatic rings. The first-order valence-corrected chi connectivity index (χ1v) is 11.2. The Bertz CT molecular complexity index is 1220. The number of hydrogen-bond donors (Lipinski definition) is 3. The predicted molar refractivity (Wildman–Crippen MR) is 122 cm³/mol. The Hall–Kier alpha value is -3.62. The van der Waals surface area contributed by atoms with Crippen LogP contribution in [0, 0.1) is 6.92 Å². The van der Waals surface area contributed by atoms with E-state index in [1.165, 1.54) is 33.8 Å². The predicted octanol–water partition coefficient (Wildman–Crippen LogP) is 2.17. The van der Waals surface area contributed by atoms with E-state index in [0.29, 0.717) is 31.6 Å². The molecule has 1 amide bonds. The standard InChI is InChI=1S/C25H28N2O7/c1-11-21(31)19(13(3)28)23-20(22(11)32)25(5)17(34-23)10-16(30)18(24(25)33)12(2)26-15-6-8-27(9-7-15)14(4)29/h10,15,26,31-32H,6-9H2,1-5H3/b18-12+/t25-/m0/s1. The van der Waals surface area contributed by atoms with Crippen LogP contribution in [0.15, 0.2) is 23.1 Å². The second-order valence-corrected chi connectivity index (χ2v) is 9.31. The van der Waals surface area contributed by atoms with Crippen molar-refractivity contribution in [1.29, 1.82) is 0 Å². The molecule has 4 rings (SSSR count). The van der Waals surface area contributed by atoms with Crippen LogP contribution in [0.3, 0.4) is 0 Å². The number of fused-ring (bicyclic) bond motifs is 3. The number of rotatable bonds is 3. The summed E-state index contributed by atoms with van der Waals surface area (Å²) in [6.07, 6.45) is 2.56. The van der Waals surface area contributed by atoms with Gasteiger partial charge in [-0.3, -0.25) is 19.2 Å². The largest absolute Gasteiger partial charge is 0.507 e. The number of phenolic OH excluding ortho intramolecular Hbond substituents is 2. The third kappa shape index (κ3) is 3.29. The summed E-state index contributed by atoms with van der Waals surface area (Å²) in [5.41, 5.74) is -1.20. The van der Waals surface area contributed by atoms with E-state index in [2.05, 4.69) is 5.32 Å². The minimum atomic E-state index is -1.54. The lowest BCUT2D eigenvalue weighted by Gasteiger charge is -2.33. The van der Waals surface area contributed by atoms with Gasteiger partial charge in [0, 0.05) is 43.4 Å². The van der Waals surface area contributed by atoms with Crippen molar-refractivity contribution in [2.75, 3.05) is 13.1 Å². The van der Waals surface area contributed by atoms with E-state index in [1.54, 1.807) is 11.8 Å². The number of hydrogen-bond acceptors (Lipinski definition) is 8. The Kier molecular flexibility index (Phi) is 5.54. The summed E-state index contributed by atoms with van der Waals surface area (Å²) < 4.78 is 5.77. The molecule has 0 bridgehead atoms. The summed E-state index contributed by atoms with van der Waals surface area (Å²) >= 11 is 0. The number of likely N-dealkylation sites (tertiary alicyclic amines) is 1. The van der Waals surface area contributed by atoms with Gasteiger partial charge in [0.2, 0.25) is 5.91 Å². The maximum absolute atomic E-state index is 13.8. The van der Waals surface area contributed by atoms with Crippen LogP contribution in [0.5, 0.6) is 17.2 Å². The Morgan fingerprint density at radius 3 is 2.29 bits per heavy atom. The number of carbonyl (C=O) groups is 4. The van der Waals surface area contributed by atoms with Crippen molar-refractivity contribution < 1.29 is 34.1 Å². The zero-order valence-corrected chi connectivity index (χ0v) is 19.9. The molecule has 1 fully saturated rings. The molecule has 1 aromatic rings. The topological polar surface area (TPSA) is 133 Å². The molecule has 180 valence electrons. The van der Waals surface area contributed by atoms with Crippen molar-refractivity contribution in [2.24, 2.45) is 0 Å². The first-order chi connectivity index (χ1) is 15.9. The van der Waals surface area contributed by atoms with Crippen molar-refractivity contribution >= 4 is 23.3 Å². The molecular weight excluding hydrogens is 440 g/mol. The van der Waals surface area contributed by atoms with Gasteiger partial charge in [0.05, 0.1) is 11.1 Å². The molecule has 34 heavy (non-hydrogen) atoms. The lowest BCUT2D eigenvalue weighted by atomic mass is 9.70. The molecule has 0 unspecified atom stereocenters. The molecule has 0 radical (unpaired) electrons. The second-order valence-electron chi connectivity index (χ2n) is 9.31. The minimum absolute atomic E-state index is 0.00613. The third-order valence-corrected chi connectivity index (χ3v) is 7.12. The number of carbonyl (C=O) groups excluding carboxylic acids is 4. The van der Waals surface area contributed by atoms with E-state index in [0.717, 1.165) is 0 Å². The lowest BCUT2D eigenvalue weighted by Crippen LogP contribution is -2.45. The fourth-order valence-corrected chi connectivity index (χ4v) is 5.08. The smallest absolute Gasteiger partial charge is 0.219 e. The number of piperidine rings is 1. The zero-order chi connectivity index (χ0) is 25.1. The SMILES string of the molecule is CC(=O)c1c(O)c(C)c(O)c2c1OC1=CC(=O)/C(=C(/C)NC3CCN(C(C)=O)CC3)C(=O)[C@@]12C. The molecule has 0 spiro atoms. The highest BCUT2D eigenvalue weighted by Gasteiger charge is 2.56. The maximum Gasteiger partial charge on any atom is 0.219 e. The summed E-state index contributed by atoms with van der Waals surface area (Å²) in [7, 11) is 0. The highest BCUT2D eigenvalue weighted by Crippen LogP contribution is 2.57. The van der Waals surface area contributed by atoms with E-state index < -0.39 is 28.5 Å². The van der Waals surface area contributed by atoms with Crippen LogP contribution < -0.4 is 10.1 Å². The number of phenols is 2. The number of Topliss-reactive ketones (excluding diaryl/α,β-unsaturated/α-hetero) is 2. The normalized spacial score (nSPS) is 23.7. The van der Waals surface area contributed by atoms with Crippen LogP contribution in [-0.2, 0) is 19.8 Å². The van der Waals surface area contributed by atoms with Crippen LogP contribution in [0.25, 0.3) is 0 Å². The second kappa shape index (κ2) is 8.00. The number of benzene rings is 1. The summed E-state index contributed by atoms with van der Waals surface area (Å²) in [6.45, 7) is 8.59. The van der Waals surface area contributed by atoms with Crippen LogP contribution in [0.1, 0.15) is 62.0 Å². The monoisotopic (exact) mass is 468 g/mol. The van der Waals surface area contributed by atoms with Gasteiger partial charge < -0.3 is 25.2 Å². The van der Waals surface area contributed by atoms with E-state index in [-0.39, 0.29) is 51.5 Å². The molecule has 9 heteroatoms. The minimum Gasteiger partial charge on any atom is -0.507 e. The fraction of sp³-hybridized carbons (Fsp3) is 0.440. The molecule has 2 aliphatic heterocycles. The van der Waals surface area contributed by atoms with Crippen molar-refractivity contribution in [3.05, 3.63) is 39.8 Å². The molecule has 1 atom stereocenters. The van der Waals surface area contributed by atoms with Crippen LogP contribution in [0.2, 0.25) is 0 Å². The molecule has 0 saturated carbocycles. The van der Waals surface area contributed by atoms with Gasteiger partial charge in [-0.05, 0) is 40.5 Å². The van der Waals surface area contributed by atoms with E-state index >= 15 is 0 Å². The van der Waals surface area contributed by atoms with Crippen LogP contribution in [0.4, 0.5) is 0 Å². The third-order valence-electron chi connectivity index (χ3n) is 7.12. The Morgan fingerprint density at radius 1 is 1.12 bits per heavy atom. The molecule has 2 heterocycles. The highest BCUT2D eigenvalue weighted by atomic mass is 16.5. The van der Waals surface area contributed by atoms with Gasteiger partial charge in [-0.25, -0.2) is 0 Å². The number of nitrogens with one attached hydrogen (secondary N) is 1. The highest BCUT2D eigenvalue weighted by molar-refractivity contribution is 6.31. The summed E-state index contributed by atoms with van der Waals surface area (Å²) in [5.74, 6) is -2.45. The Labute approximate surface area is 197 Å². The molecule has 9 nitrogen and oxygen atoms in total. The van der Waals surface area contributed by atoms with Crippen LogP contribution >= 0.6 is 0 Å². The van der Waals surface area contributed by atoms with Gasteiger partial charge in [0.25, 0.3) is 0 Å². The molecule has 1 saturated heterocycles. The summed E-state index contributed by atoms with van der Waals surface area (Å²) in [4.78, 5) is 52.4. The molecular formula is C25H28N2O7. The molecule has 3 N–H and O–H groups in total. The van der Waals surface area contributed by atoms with Gasteiger partial charge in [0.1, 0.15) is 34.0 Å². The first kappa shape index (κ1) is 23.5. The number of allylic oxidation sites excluding steroid dienone is 4. The van der Waals surface area contributed by atoms with Crippen molar-refractivity contribution in [3.63, 3.8) is 0 Å². The van der Waals surface area contributed by atoms with E-state index in [4.69, 9.17) is 4.74 Å².